The Morgan fingerprint density at radius 2 is 2.06 bits per heavy atom. The molecule has 0 aromatic heterocycles. The number of hydrogen-bond acceptors (Lipinski definition) is 3. The largest absolute Gasteiger partial charge is 0.467 e. The van der Waals surface area contributed by atoms with Crippen LogP contribution in [0.3, 0.4) is 0 Å². The number of aliphatic hydroxyl groups is 1. The second kappa shape index (κ2) is 6.40. The van der Waals surface area contributed by atoms with E-state index in [0.29, 0.717) is 5.56 Å². The van der Waals surface area contributed by atoms with Crippen LogP contribution < -0.4 is 4.74 Å². The molecule has 0 saturated heterocycles. The Balaban J connectivity index is 2.57. The summed E-state index contributed by atoms with van der Waals surface area (Å²) in [5.41, 5.74) is 0.472. The van der Waals surface area contributed by atoms with Crippen LogP contribution in [-0.2, 0) is 4.74 Å². The number of alkyl halides is 3. The molecule has 0 aliphatic rings. The van der Waals surface area contributed by atoms with Gasteiger partial charge in [-0.15, -0.1) is 0 Å². The van der Waals surface area contributed by atoms with Crippen LogP contribution in [0.15, 0.2) is 22.7 Å². The highest BCUT2D eigenvalue weighted by Crippen LogP contribution is 2.28. The molecule has 0 saturated carbocycles. The second-order valence-corrected chi connectivity index (χ2v) is 4.50. The summed E-state index contributed by atoms with van der Waals surface area (Å²) >= 11 is 3.23. The van der Waals surface area contributed by atoms with Crippen molar-refractivity contribution in [3.05, 3.63) is 28.2 Å². The lowest BCUT2D eigenvalue weighted by molar-refractivity contribution is -0.186. The predicted molar refractivity (Wildman–Crippen MR) is 62.3 cm³/mol. The van der Waals surface area contributed by atoms with Crippen LogP contribution in [-0.4, -0.2) is 24.7 Å². The van der Waals surface area contributed by atoms with E-state index in [0.717, 1.165) is 4.47 Å². The van der Waals surface area contributed by atoms with E-state index in [2.05, 4.69) is 20.7 Å². The Hall–Kier alpha value is -0.790. The molecule has 0 aliphatic carbocycles. The Bertz CT molecular complexity index is 394. The topological polar surface area (TPSA) is 38.7 Å². The molecule has 1 aromatic rings. The van der Waals surface area contributed by atoms with Crippen LogP contribution in [0.25, 0.3) is 0 Å². The van der Waals surface area contributed by atoms with Gasteiger partial charge in [-0.2, -0.15) is 13.2 Å². The lowest BCUT2D eigenvalue weighted by Crippen LogP contribution is -2.19. The number of rotatable bonds is 5. The third-order valence-electron chi connectivity index (χ3n) is 1.99. The van der Waals surface area contributed by atoms with Crippen molar-refractivity contribution >= 4 is 15.9 Å². The Kier molecular flexibility index (Phi) is 5.43. The average molecular weight is 329 g/mol. The quantitative estimate of drug-likeness (QED) is 0.665. The molecule has 18 heavy (non-hydrogen) atoms. The molecule has 0 radical (unpaired) electrons. The zero-order valence-electron chi connectivity index (χ0n) is 9.50. The van der Waals surface area contributed by atoms with Crippen LogP contribution in [0.2, 0.25) is 0 Å². The lowest BCUT2D eigenvalue weighted by Gasteiger charge is -2.14. The van der Waals surface area contributed by atoms with Crippen molar-refractivity contribution in [2.45, 2.75) is 19.2 Å². The van der Waals surface area contributed by atoms with Gasteiger partial charge in [0.1, 0.15) is 12.4 Å². The van der Waals surface area contributed by atoms with Gasteiger partial charge in [0.05, 0.1) is 6.10 Å². The molecule has 0 bridgehead atoms. The Labute approximate surface area is 111 Å². The van der Waals surface area contributed by atoms with Gasteiger partial charge >= 0.3 is 6.18 Å². The molecule has 1 atom stereocenters. The first kappa shape index (κ1) is 15.3. The molecule has 102 valence electrons. The molecule has 3 nitrogen and oxygen atoms in total. The van der Waals surface area contributed by atoms with E-state index in [1.165, 1.54) is 6.92 Å². The third kappa shape index (κ3) is 5.24. The summed E-state index contributed by atoms with van der Waals surface area (Å²) in [7, 11) is 0. The number of ether oxygens (including phenoxy) is 2. The third-order valence-corrected chi connectivity index (χ3v) is 2.48. The van der Waals surface area contributed by atoms with E-state index >= 15 is 0 Å². The van der Waals surface area contributed by atoms with Gasteiger partial charge in [-0.3, -0.25) is 0 Å². The minimum atomic E-state index is -4.38. The van der Waals surface area contributed by atoms with Crippen LogP contribution in [0, 0.1) is 0 Å². The van der Waals surface area contributed by atoms with Gasteiger partial charge in [0, 0.05) is 10.0 Å². The maximum atomic E-state index is 11.8. The molecule has 0 aliphatic heterocycles. The number of halogens is 4. The predicted octanol–water partition coefficient (Wildman–Crippen LogP) is 3.42. The summed E-state index contributed by atoms with van der Waals surface area (Å²) in [6.07, 6.45) is -5.17. The van der Waals surface area contributed by atoms with Crippen LogP contribution in [0.4, 0.5) is 13.2 Å². The first-order chi connectivity index (χ1) is 8.29. The van der Waals surface area contributed by atoms with Crippen molar-refractivity contribution in [3.8, 4) is 5.75 Å². The molecule has 0 fully saturated rings. The SMILES string of the molecule is C[C@@H](O)c1cc(Br)ccc1OCOCC(F)(F)F. The molecule has 7 heteroatoms. The summed E-state index contributed by atoms with van der Waals surface area (Å²) in [6, 6.07) is 4.83. The fraction of sp³-hybridized carbons (Fsp3) is 0.455. The molecule has 0 unspecified atom stereocenters. The van der Waals surface area contributed by atoms with E-state index in [9.17, 15) is 18.3 Å². The minimum Gasteiger partial charge on any atom is -0.467 e. The highest BCUT2D eigenvalue weighted by molar-refractivity contribution is 9.10. The molecule has 1 rings (SSSR count). The van der Waals surface area contributed by atoms with Crippen LogP contribution >= 0.6 is 15.9 Å². The minimum absolute atomic E-state index is 0.287. The van der Waals surface area contributed by atoms with Crippen molar-refractivity contribution < 1.29 is 27.8 Å². The maximum Gasteiger partial charge on any atom is 0.411 e. The van der Waals surface area contributed by atoms with E-state index in [4.69, 9.17) is 4.74 Å². The van der Waals surface area contributed by atoms with E-state index < -0.39 is 25.7 Å². The van der Waals surface area contributed by atoms with Gasteiger partial charge in [-0.25, -0.2) is 0 Å². The molecule has 1 aromatic carbocycles. The molecular formula is C11H12BrF3O3. The van der Waals surface area contributed by atoms with E-state index in [1.807, 2.05) is 0 Å². The summed E-state index contributed by atoms with van der Waals surface area (Å²) in [5.74, 6) is 0.287. The molecular weight excluding hydrogens is 317 g/mol. The monoisotopic (exact) mass is 328 g/mol. The summed E-state index contributed by atoms with van der Waals surface area (Å²) in [5, 5.41) is 9.49. The zero-order valence-corrected chi connectivity index (χ0v) is 11.1. The van der Waals surface area contributed by atoms with Gasteiger partial charge in [-0.1, -0.05) is 15.9 Å². The smallest absolute Gasteiger partial charge is 0.411 e. The van der Waals surface area contributed by atoms with Crippen molar-refractivity contribution in [1.29, 1.82) is 0 Å². The first-order valence-corrected chi connectivity index (χ1v) is 5.83. The van der Waals surface area contributed by atoms with Crippen molar-refractivity contribution in [3.63, 3.8) is 0 Å². The van der Waals surface area contributed by atoms with Crippen LogP contribution in [0.5, 0.6) is 5.75 Å². The normalized spacial score (nSPS) is 13.4. The Morgan fingerprint density at radius 3 is 2.61 bits per heavy atom. The highest BCUT2D eigenvalue weighted by atomic mass is 79.9. The average Bonchev–Trinajstić information content (AvgIpc) is 2.24. The van der Waals surface area contributed by atoms with Gasteiger partial charge in [0.15, 0.2) is 6.79 Å². The molecule has 0 spiro atoms. The van der Waals surface area contributed by atoms with Gasteiger partial charge in [0.2, 0.25) is 0 Å². The van der Waals surface area contributed by atoms with E-state index in [1.54, 1.807) is 18.2 Å². The van der Waals surface area contributed by atoms with Gasteiger partial charge < -0.3 is 14.6 Å². The van der Waals surface area contributed by atoms with Gasteiger partial charge in [0.25, 0.3) is 0 Å². The highest BCUT2D eigenvalue weighted by Gasteiger charge is 2.27. The Morgan fingerprint density at radius 1 is 1.39 bits per heavy atom. The number of benzene rings is 1. The van der Waals surface area contributed by atoms with Crippen molar-refractivity contribution in [2.24, 2.45) is 0 Å². The van der Waals surface area contributed by atoms with Crippen LogP contribution in [0.1, 0.15) is 18.6 Å². The second-order valence-electron chi connectivity index (χ2n) is 3.58. The standard InChI is InChI=1S/C11H12BrF3O3/c1-7(16)9-4-8(12)2-3-10(9)18-6-17-5-11(13,14)15/h2-4,7,16H,5-6H2,1H3/t7-/m1/s1. The number of aliphatic hydroxyl groups excluding tert-OH is 1. The molecule has 0 amide bonds. The number of hydrogen-bond donors (Lipinski definition) is 1. The van der Waals surface area contributed by atoms with Gasteiger partial charge in [-0.05, 0) is 25.1 Å². The molecule has 1 N–H and O–H groups in total. The maximum absolute atomic E-state index is 11.8. The van der Waals surface area contributed by atoms with E-state index in [-0.39, 0.29) is 5.75 Å². The fourth-order valence-electron chi connectivity index (χ4n) is 1.24. The van der Waals surface area contributed by atoms with Crippen molar-refractivity contribution in [1.82, 2.24) is 0 Å². The summed E-state index contributed by atoms with van der Waals surface area (Å²) < 4.78 is 45.6. The summed E-state index contributed by atoms with van der Waals surface area (Å²) in [6.45, 7) is -0.362. The zero-order chi connectivity index (χ0) is 13.8. The summed E-state index contributed by atoms with van der Waals surface area (Å²) in [4.78, 5) is 0. The fourth-order valence-corrected chi connectivity index (χ4v) is 1.62. The van der Waals surface area contributed by atoms with Crippen molar-refractivity contribution in [2.75, 3.05) is 13.4 Å². The first-order valence-electron chi connectivity index (χ1n) is 5.04. The molecule has 0 heterocycles. The lowest BCUT2D eigenvalue weighted by atomic mass is 10.1.